The van der Waals surface area contributed by atoms with Gasteiger partial charge in [-0.1, -0.05) is 0 Å². The van der Waals surface area contributed by atoms with Crippen molar-refractivity contribution in [2.45, 2.75) is 39.2 Å². The fourth-order valence-corrected chi connectivity index (χ4v) is 3.27. The van der Waals surface area contributed by atoms with E-state index < -0.39 is 0 Å². The Morgan fingerprint density at radius 1 is 1.58 bits per heavy atom. The first-order valence-corrected chi connectivity index (χ1v) is 8.02. The lowest BCUT2D eigenvalue weighted by molar-refractivity contribution is 0.696. The van der Waals surface area contributed by atoms with Crippen molar-refractivity contribution in [2.24, 2.45) is 11.7 Å². The van der Waals surface area contributed by atoms with Crippen molar-refractivity contribution in [1.82, 2.24) is 9.38 Å². The van der Waals surface area contributed by atoms with Crippen LogP contribution in [0.2, 0.25) is 0 Å². The van der Waals surface area contributed by atoms with E-state index in [1.165, 1.54) is 18.5 Å². The zero-order chi connectivity index (χ0) is 13.4. The minimum Gasteiger partial charge on any atom is -0.355 e. The highest BCUT2D eigenvalue weighted by Gasteiger charge is 2.27. The maximum Gasteiger partial charge on any atom is 0.195 e. The van der Waals surface area contributed by atoms with E-state index in [1.807, 2.05) is 0 Å². The van der Waals surface area contributed by atoms with Crippen LogP contribution in [-0.4, -0.2) is 28.5 Å². The Kier molecular flexibility index (Phi) is 3.50. The second kappa shape index (κ2) is 5.13. The second-order valence-electron chi connectivity index (χ2n) is 5.60. The molecule has 2 N–H and O–H groups in total. The lowest BCUT2D eigenvalue weighted by Crippen LogP contribution is -2.28. The van der Waals surface area contributed by atoms with Gasteiger partial charge in [0.05, 0.1) is 5.69 Å². The smallest absolute Gasteiger partial charge is 0.195 e. The molecule has 0 spiro atoms. The molecule has 1 aliphatic carbocycles. The van der Waals surface area contributed by atoms with Crippen molar-refractivity contribution >= 4 is 22.1 Å². The zero-order valence-corrected chi connectivity index (χ0v) is 12.5. The molecule has 0 amide bonds. The monoisotopic (exact) mass is 278 g/mol. The van der Waals surface area contributed by atoms with Crippen LogP contribution in [0.5, 0.6) is 0 Å². The third-order valence-electron chi connectivity index (χ3n) is 3.71. The molecule has 0 aromatic carbocycles. The summed E-state index contributed by atoms with van der Waals surface area (Å²) < 4.78 is 2.21. The van der Waals surface area contributed by atoms with E-state index in [0.717, 1.165) is 36.2 Å². The van der Waals surface area contributed by atoms with Crippen molar-refractivity contribution in [3.63, 3.8) is 0 Å². The highest BCUT2D eigenvalue weighted by Crippen LogP contribution is 2.33. The highest BCUT2D eigenvalue weighted by molar-refractivity contribution is 7.15. The number of anilines is 1. The van der Waals surface area contributed by atoms with Crippen LogP contribution < -0.4 is 10.6 Å². The first-order valence-electron chi connectivity index (χ1n) is 7.14. The average molecular weight is 278 g/mol. The Hall–Kier alpha value is -1.07. The van der Waals surface area contributed by atoms with Gasteiger partial charge in [0.25, 0.3) is 0 Å². The Bertz CT molecular complexity index is 553. The molecule has 1 aliphatic rings. The summed E-state index contributed by atoms with van der Waals surface area (Å²) in [6, 6.07) is 0.165. The zero-order valence-electron chi connectivity index (χ0n) is 11.7. The van der Waals surface area contributed by atoms with E-state index in [4.69, 9.17) is 10.7 Å². The van der Waals surface area contributed by atoms with E-state index >= 15 is 0 Å². The summed E-state index contributed by atoms with van der Waals surface area (Å²) in [6.45, 7) is 6.44. The van der Waals surface area contributed by atoms with Gasteiger partial charge in [0.1, 0.15) is 0 Å². The van der Waals surface area contributed by atoms with Crippen LogP contribution in [0.4, 0.5) is 5.82 Å². The molecule has 3 rings (SSSR count). The topological polar surface area (TPSA) is 46.6 Å². The molecule has 5 heteroatoms. The van der Waals surface area contributed by atoms with Crippen LogP contribution in [0.15, 0.2) is 11.6 Å². The number of hydrogen-bond acceptors (Lipinski definition) is 4. The normalized spacial score (nSPS) is 17.0. The van der Waals surface area contributed by atoms with Gasteiger partial charge in [-0.2, -0.15) is 0 Å². The molecule has 1 saturated carbocycles. The van der Waals surface area contributed by atoms with Gasteiger partial charge in [-0.3, -0.25) is 4.40 Å². The third-order valence-corrected chi connectivity index (χ3v) is 4.47. The second-order valence-corrected chi connectivity index (χ2v) is 6.47. The maximum absolute atomic E-state index is 6.01. The molecule has 0 radical (unpaired) electrons. The number of hydrogen-bond donors (Lipinski definition) is 1. The van der Waals surface area contributed by atoms with Crippen LogP contribution in [-0.2, 0) is 6.42 Å². The van der Waals surface area contributed by atoms with Crippen molar-refractivity contribution in [3.8, 4) is 0 Å². The van der Waals surface area contributed by atoms with Crippen LogP contribution in [0.1, 0.15) is 32.4 Å². The first kappa shape index (κ1) is 12.9. The third kappa shape index (κ3) is 2.62. The predicted octanol–water partition coefficient (Wildman–Crippen LogP) is 2.52. The molecule has 4 nitrogen and oxygen atoms in total. The average Bonchev–Trinajstić information content (AvgIpc) is 2.96. The number of aromatic nitrogens is 2. The standard InChI is InChI=1S/C14H22N4S/c1-3-17(9-11-4-5-11)13-12(8-10(2)15)18-6-7-19-14(18)16-13/h6-7,10-11H,3-5,8-9,15H2,1-2H3. The molecule has 2 aromatic heterocycles. The van der Waals surface area contributed by atoms with Gasteiger partial charge in [-0.15, -0.1) is 11.3 Å². The Balaban J connectivity index is 1.96. The van der Waals surface area contributed by atoms with Gasteiger partial charge >= 0.3 is 0 Å². The number of imidazole rings is 1. The lowest BCUT2D eigenvalue weighted by atomic mass is 10.2. The van der Waals surface area contributed by atoms with E-state index in [1.54, 1.807) is 11.3 Å². The van der Waals surface area contributed by atoms with Crippen molar-refractivity contribution in [3.05, 3.63) is 17.3 Å². The summed E-state index contributed by atoms with van der Waals surface area (Å²) in [5, 5.41) is 2.09. The molecular formula is C14H22N4S. The van der Waals surface area contributed by atoms with Crippen LogP contribution >= 0.6 is 11.3 Å². The van der Waals surface area contributed by atoms with Gasteiger partial charge in [-0.25, -0.2) is 4.98 Å². The molecule has 19 heavy (non-hydrogen) atoms. The molecule has 2 aromatic rings. The summed E-state index contributed by atoms with van der Waals surface area (Å²) >= 11 is 1.70. The summed E-state index contributed by atoms with van der Waals surface area (Å²) in [7, 11) is 0. The largest absolute Gasteiger partial charge is 0.355 e. The summed E-state index contributed by atoms with van der Waals surface area (Å²) in [5.74, 6) is 2.03. The molecule has 0 saturated heterocycles. The van der Waals surface area contributed by atoms with Crippen LogP contribution in [0.25, 0.3) is 4.96 Å². The molecule has 1 unspecified atom stereocenters. The van der Waals surface area contributed by atoms with E-state index in [0.29, 0.717) is 0 Å². The minimum absolute atomic E-state index is 0.165. The van der Waals surface area contributed by atoms with E-state index in [9.17, 15) is 0 Å². The molecule has 0 aliphatic heterocycles. The van der Waals surface area contributed by atoms with Crippen molar-refractivity contribution < 1.29 is 0 Å². The maximum atomic E-state index is 6.01. The fourth-order valence-electron chi connectivity index (χ4n) is 2.55. The van der Waals surface area contributed by atoms with Gasteiger partial charge in [0.2, 0.25) is 0 Å². The number of fused-ring (bicyclic) bond motifs is 1. The molecule has 1 atom stereocenters. The Morgan fingerprint density at radius 3 is 3.00 bits per heavy atom. The predicted molar refractivity (Wildman–Crippen MR) is 81.0 cm³/mol. The number of thiazole rings is 1. The molecule has 1 fully saturated rings. The minimum atomic E-state index is 0.165. The summed E-state index contributed by atoms with van der Waals surface area (Å²) in [4.78, 5) is 8.34. The SMILES string of the molecule is CCN(CC1CC1)c1nc2sccn2c1CC(C)N. The van der Waals surface area contributed by atoms with Gasteiger partial charge in [-0.05, 0) is 32.6 Å². The van der Waals surface area contributed by atoms with Crippen LogP contribution in [0.3, 0.4) is 0 Å². The number of nitrogens with zero attached hydrogens (tertiary/aromatic N) is 3. The van der Waals surface area contributed by atoms with E-state index in [2.05, 4.69) is 34.7 Å². The fraction of sp³-hybridized carbons (Fsp3) is 0.643. The molecular weight excluding hydrogens is 256 g/mol. The number of rotatable bonds is 6. The quantitative estimate of drug-likeness (QED) is 0.883. The molecule has 2 heterocycles. The van der Waals surface area contributed by atoms with Crippen molar-refractivity contribution in [1.29, 1.82) is 0 Å². The van der Waals surface area contributed by atoms with Crippen LogP contribution in [0, 0.1) is 5.92 Å². The van der Waals surface area contributed by atoms with E-state index in [-0.39, 0.29) is 6.04 Å². The van der Waals surface area contributed by atoms with Crippen molar-refractivity contribution in [2.75, 3.05) is 18.0 Å². The molecule has 0 bridgehead atoms. The Morgan fingerprint density at radius 2 is 2.37 bits per heavy atom. The number of nitrogens with two attached hydrogens (primary N) is 1. The first-order chi connectivity index (χ1) is 9.19. The van der Waals surface area contributed by atoms with Gasteiger partial charge in [0.15, 0.2) is 10.8 Å². The van der Waals surface area contributed by atoms with Gasteiger partial charge < -0.3 is 10.6 Å². The Labute approximate surface area is 118 Å². The highest BCUT2D eigenvalue weighted by atomic mass is 32.1. The van der Waals surface area contributed by atoms with Gasteiger partial charge in [0, 0.05) is 37.1 Å². The summed E-state index contributed by atoms with van der Waals surface area (Å²) in [5.41, 5.74) is 7.28. The molecule has 104 valence electrons. The summed E-state index contributed by atoms with van der Waals surface area (Å²) in [6.07, 6.45) is 5.75. The lowest BCUT2D eigenvalue weighted by Gasteiger charge is -2.22.